The standard InChI is InChI=1S/C21H28FN5O4/c1-12-18(22)19(29)24-21(23-12)26-9-14-7-25(8-15(14)10-26)20(30)13-6-17(28)27(11-13)16-2-4-31-5-3-16/h13-16H,2-11H2,1H3,(H,23,24,29). The Kier molecular flexibility index (Phi) is 5.19. The van der Waals surface area contributed by atoms with Crippen LogP contribution < -0.4 is 10.5 Å². The maximum atomic E-state index is 13.6. The van der Waals surface area contributed by atoms with Crippen LogP contribution in [0.4, 0.5) is 10.3 Å². The summed E-state index contributed by atoms with van der Waals surface area (Å²) in [6, 6.07) is 0.194. The number of nitrogens with zero attached hydrogens (tertiary/aromatic N) is 4. The number of hydrogen-bond acceptors (Lipinski definition) is 6. The molecule has 5 rings (SSSR count). The van der Waals surface area contributed by atoms with E-state index < -0.39 is 11.4 Å². The van der Waals surface area contributed by atoms with Crippen molar-refractivity contribution in [2.24, 2.45) is 17.8 Å². The fourth-order valence-electron chi connectivity index (χ4n) is 5.56. The van der Waals surface area contributed by atoms with Crippen molar-refractivity contribution in [2.75, 3.05) is 50.8 Å². The third-order valence-corrected chi connectivity index (χ3v) is 7.25. The second-order valence-corrected chi connectivity index (χ2v) is 9.25. The monoisotopic (exact) mass is 433 g/mol. The number of nitrogens with one attached hydrogen (secondary N) is 1. The van der Waals surface area contributed by atoms with Gasteiger partial charge in [0.1, 0.15) is 0 Å². The van der Waals surface area contributed by atoms with E-state index in [-0.39, 0.29) is 41.3 Å². The van der Waals surface area contributed by atoms with E-state index >= 15 is 0 Å². The molecule has 3 atom stereocenters. The van der Waals surface area contributed by atoms with Gasteiger partial charge >= 0.3 is 0 Å². The highest BCUT2D eigenvalue weighted by Crippen LogP contribution is 2.35. The lowest BCUT2D eigenvalue weighted by atomic mass is 10.0. The molecule has 168 valence electrons. The number of fused-ring (bicyclic) bond motifs is 1. The molecule has 1 aromatic rings. The molecule has 10 heteroatoms. The second kappa shape index (κ2) is 7.89. The molecule has 9 nitrogen and oxygen atoms in total. The molecule has 5 heterocycles. The summed E-state index contributed by atoms with van der Waals surface area (Å²) in [4.78, 5) is 49.9. The normalized spacial score (nSPS) is 29.2. The number of amides is 2. The van der Waals surface area contributed by atoms with E-state index in [2.05, 4.69) is 9.97 Å². The molecule has 0 saturated carbocycles. The van der Waals surface area contributed by atoms with E-state index in [4.69, 9.17) is 4.74 Å². The van der Waals surface area contributed by atoms with Gasteiger partial charge in [0.05, 0.1) is 11.6 Å². The van der Waals surface area contributed by atoms with Gasteiger partial charge in [-0.3, -0.25) is 19.4 Å². The van der Waals surface area contributed by atoms with Crippen LogP contribution in [-0.4, -0.2) is 83.6 Å². The number of aryl methyl sites for hydroxylation is 1. The number of carbonyl (C=O) groups is 2. The predicted molar refractivity (Wildman–Crippen MR) is 109 cm³/mol. The first-order valence-electron chi connectivity index (χ1n) is 11.1. The van der Waals surface area contributed by atoms with E-state index in [9.17, 15) is 18.8 Å². The Balaban J connectivity index is 1.19. The number of hydrogen-bond donors (Lipinski definition) is 1. The summed E-state index contributed by atoms with van der Waals surface area (Å²) >= 11 is 0. The SMILES string of the molecule is Cc1nc(N2CC3CN(C(=O)C4CC(=O)N(C5CCOCC5)C4)CC3C2)[nH]c(=O)c1F. The number of likely N-dealkylation sites (tertiary alicyclic amines) is 2. The van der Waals surface area contributed by atoms with Gasteiger partial charge in [-0.05, 0) is 19.8 Å². The molecule has 0 aliphatic carbocycles. The van der Waals surface area contributed by atoms with Crippen molar-refractivity contribution in [3.8, 4) is 0 Å². The van der Waals surface area contributed by atoms with Crippen molar-refractivity contribution in [3.05, 3.63) is 21.9 Å². The number of rotatable bonds is 3. The molecular formula is C21H28FN5O4. The van der Waals surface area contributed by atoms with E-state index in [1.54, 1.807) is 0 Å². The van der Waals surface area contributed by atoms with Gasteiger partial charge in [-0.1, -0.05) is 0 Å². The molecule has 0 radical (unpaired) electrons. The number of H-pyrrole nitrogens is 1. The average molecular weight is 433 g/mol. The summed E-state index contributed by atoms with van der Waals surface area (Å²) in [5.74, 6) is 0.00528. The van der Waals surface area contributed by atoms with Crippen LogP contribution in [0.1, 0.15) is 25.0 Å². The highest BCUT2D eigenvalue weighted by atomic mass is 19.1. The lowest BCUT2D eigenvalue weighted by molar-refractivity contribution is -0.135. The Morgan fingerprint density at radius 3 is 2.42 bits per heavy atom. The largest absolute Gasteiger partial charge is 0.381 e. The maximum absolute atomic E-state index is 13.6. The van der Waals surface area contributed by atoms with Crippen molar-refractivity contribution in [1.82, 2.24) is 19.8 Å². The average Bonchev–Trinajstić information content (AvgIpc) is 3.44. The fourth-order valence-corrected chi connectivity index (χ4v) is 5.56. The second-order valence-electron chi connectivity index (χ2n) is 9.25. The van der Waals surface area contributed by atoms with Crippen LogP contribution in [0.2, 0.25) is 0 Å². The summed E-state index contributed by atoms with van der Waals surface area (Å²) in [5.41, 5.74) is -0.663. The van der Waals surface area contributed by atoms with Crippen LogP contribution in [0.5, 0.6) is 0 Å². The Morgan fingerprint density at radius 1 is 1.10 bits per heavy atom. The molecule has 0 aromatic carbocycles. The van der Waals surface area contributed by atoms with Crippen LogP contribution in [0.15, 0.2) is 4.79 Å². The topological polar surface area (TPSA) is 98.8 Å². The number of ether oxygens (including phenoxy) is 1. The van der Waals surface area contributed by atoms with E-state index in [1.807, 2.05) is 14.7 Å². The van der Waals surface area contributed by atoms with Gasteiger partial charge in [0.15, 0.2) is 0 Å². The first kappa shape index (κ1) is 20.4. The number of carbonyl (C=O) groups excluding carboxylic acids is 2. The van der Waals surface area contributed by atoms with Crippen molar-refractivity contribution in [2.45, 2.75) is 32.2 Å². The zero-order chi connectivity index (χ0) is 21.7. The molecule has 4 aliphatic rings. The van der Waals surface area contributed by atoms with Gasteiger partial charge in [0.25, 0.3) is 5.56 Å². The van der Waals surface area contributed by atoms with Crippen LogP contribution in [0.3, 0.4) is 0 Å². The Hall–Kier alpha value is -2.49. The first-order chi connectivity index (χ1) is 14.9. The lowest BCUT2D eigenvalue weighted by Crippen LogP contribution is -2.42. The van der Waals surface area contributed by atoms with Gasteiger partial charge in [-0.2, -0.15) is 4.39 Å². The third kappa shape index (κ3) is 3.71. The molecule has 2 amide bonds. The zero-order valence-electron chi connectivity index (χ0n) is 17.7. The minimum absolute atomic E-state index is 0.0769. The molecule has 0 spiro atoms. The number of aromatic nitrogens is 2. The molecule has 0 bridgehead atoms. The third-order valence-electron chi connectivity index (χ3n) is 7.25. The van der Waals surface area contributed by atoms with Crippen molar-refractivity contribution >= 4 is 17.8 Å². The van der Waals surface area contributed by atoms with Gasteiger partial charge < -0.3 is 19.4 Å². The molecule has 1 aromatic heterocycles. The Labute approximate surface area is 179 Å². The lowest BCUT2D eigenvalue weighted by Gasteiger charge is -2.31. The van der Waals surface area contributed by atoms with Gasteiger partial charge in [0, 0.05) is 70.2 Å². The minimum atomic E-state index is -0.846. The Morgan fingerprint density at radius 2 is 1.77 bits per heavy atom. The van der Waals surface area contributed by atoms with Crippen LogP contribution in [0, 0.1) is 30.5 Å². The van der Waals surface area contributed by atoms with E-state index in [0.29, 0.717) is 58.3 Å². The fraction of sp³-hybridized carbons (Fsp3) is 0.714. The smallest absolute Gasteiger partial charge is 0.288 e. The molecule has 3 unspecified atom stereocenters. The van der Waals surface area contributed by atoms with E-state index in [1.165, 1.54) is 6.92 Å². The zero-order valence-corrected chi connectivity index (χ0v) is 17.7. The molecular weight excluding hydrogens is 405 g/mol. The summed E-state index contributed by atoms with van der Waals surface area (Å²) in [6.45, 7) is 5.97. The van der Waals surface area contributed by atoms with Gasteiger partial charge in [-0.25, -0.2) is 4.98 Å². The summed E-state index contributed by atoms with van der Waals surface area (Å²) in [5, 5.41) is 0. The number of anilines is 1. The molecule has 4 fully saturated rings. The predicted octanol–water partition coefficient (Wildman–Crippen LogP) is 0.140. The molecule has 31 heavy (non-hydrogen) atoms. The Bertz CT molecular complexity index is 932. The highest BCUT2D eigenvalue weighted by Gasteiger charge is 2.46. The number of aromatic amines is 1. The molecule has 1 N–H and O–H groups in total. The van der Waals surface area contributed by atoms with Crippen molar-refractivity contribution in [1.29, 1.82) is 0 Å². The quantitative estimate of drug-likeness (QED) is 0.728. The maximum Gasteiger partial charge on any atom is 0.288 e. The summed E-state index contributed by atoms with van der Waals surface area (Å²) < 4.78 is 19.0. The van der Waals surface area contributed by atoms with Crippen LogP contribution in [-0.2, 0) is 14.3 Å². The molecule has 4 saturated heterocycles. The number of halogens is 1. The first-order valence-corrected chi connectivity index (χ1v) is 11.1. The molecule has 4 aliphatic heterocycles. The van der Waals surface area contributed by atoms with Crippen LogP contribution in [0.25, 0.3) is 0 Å². The minimum Gasteiger partial charge on any atom is -0.381 e. The van der Waals surface area contributed by atoms with E-state index in [0.717, 1.165) is 12.8 Å². The van der Waals surface area contributed by atoms with Gasteiger partial charge in [0.2, 0.25) is 23.6 Å². The van der Waals surface area contributed by atoms with Gasteiger partial charge in [-0.15, -0.1) is 0 Å². The highest BCUT2D eigenvalue weighted by molar-refractivity contribution is 5.89. The van der Waals surface area contributed by atoms with Crippen molar-refractivity contribution in [3.63, 3.8) is 0 Å². The van der Waals surface area contributed by atoms with Crippen molar-refractivity contribution < 1.29 is 18.7 Å². The summed E-state index contributed by atoms with van der Waals surface area (Å²) in [6.07, 6.45) is 1.98. The summed E-state index contributed by atoms with van der Waals surface area (Å²) in [7, 11) is 0. The van der Waals surface area contributed by atoms with Crippen LogP contribution >= 0.6 is 0 Å².